The largest absolute Gasteiger partial charge is 0.330 e. The van der Waals surface area contributed by atoms with E-state index in [2.05, 4.69) is 49.3 Å². The molecule has 22 heavy (non-hydrogen) atoms. The monoisotopic (exact) mass is 312 g/mol. The van der Waals surface area contributed by atoms with Gasteiger partial charge in [-0.25, -0.2) is 9.67 Å². The van der Waals surface area contributed by atoms with Gasteiger partial charge >= 0.3 is 0 Å². The van der Waals surface area contributed by atoms with E-state index >= 15 is 0 Å². The third-order valence-corrected chi connectivity index (χ3v) is 4.61. The molecule has 0 aliphatic heterocycles. The van der Waals surface area contributed by atoms with Gasteiger partial charge in [0.2, 0.25) is 5.16 Å². The van der Waals surface area contributed by atoms with Gasteiger partial charge in [0.25, 0.3) is 0 Å². The first-order valence-electron chi connectivity index (χ1n) is 7.35. The van der Waals surface area contributed by atoms with Crippen LogP contribution < -0.4 is 0 Å². The normalized spacial score (nSPS) is 14.4. The molecular weight excluding hydrogens is 296 g/mol. The topological polar surface area (TPSA) is 61.4 Å². The van der Waals surface area contributed by atoms with Gasteiger partial charge in [-0.3, -0.25) is 0 Å². The van der Waals surface area contributed by atoms with E-state index in [1.54, 1.807) is 11.8 Å². The lowest BCUT2D eigenvalue weighted by Gasteiger charge is -2.07. The summed E-state index contributed by atoms with van der Waals surface area (Å²) < 4.78 is 4.11. The standard InChI is InChI=1S/C15H16N6S/c1-2-4-12(5-3-1)10-20-9-8-16-14(20)11-22-15-17-18-19-21(15)13-6-7-13/h1-5,8-9,13H,6-7,10-11H2. The van der Waals surface area contributed by atoms with Crippen molar-refractivity contribution in [3.05, 3.63) is 54.1 Å². The van der Waals surface area contributed by atoms with Crippen molar-refractivity contribution in [2.45, 2.75) is 36.3 Å². The van der Waals surface area contributed by atoms with Crippen molar-refractivity contribution >= 4 is 11.8 Å². The molecule has 6 nitrogen and oxygen atoms in total. The number of hydrogen-bond donors (Lipinski definition) is 0. The lowest BCUT2D eigenvalue weighted by Crippen LogP contribution is -2.04. The molecular formula is C15H16N6S. The van der Waals surface area contributed by atoms with Gasteiger partial charge in [0.1, 0.15) is 5.82 Å². The van der Waals surface area contributed by atoms with Crippen molar-refractivity contribution in [1.29, 1.82) is 0 Å². The Kier molecular flexibility index (Phi) is 3.64. The highest BCUT2D eigenvalue weighted by molar-refractivity contribution is 7.98. The summed E-state index contributed by atoms with van der Waals surface area (Å²) in [6, 6.07) is 10.9. The quantitative estimate of drug-likeness (QED) is 0.655. The molecule has 1 aliphatic carbocycles. The summed E-state index contributed by atoms with van der Waals surface area (Å²) in [7, 11) is 0. The van der Waals surface area contributed by atoms with E-state index in [4.69, 9.17) is 0 Å². The third-order valence-electron chi connectivity index (χ3n) is 3.68. The van der Waals surface area contributed by atoms with Crippen LogP contribution in [0.4, 0.5) is 0 Å². The fourth-order valence-electron chi connectivity index (χ4n) is 2.36. The average Bonchev–Trinajstić information content (AvgIpc) is 3.12. The molecule has 1 aliphatic rings. The van der Waals surface area contributed by atoms with Gasteiger partial charge in [0.15, 0.2) is 0 Å². The molecule has 0 saturated heterocycles. The SMILES string of the molecule is c1ccc(Cn2ccnc2CSc2nnnn2C2CC2)cc1. The maximum Gasteiger partial charge on any atom is 0.210 e. The first-order valence-corrected chi connectivity index (χ1v) is 8.33. The van der Waals surface area contributed by atoms with Gasteiger partial charge in [-0.1, -0.05) is 42.1 Å². The molecule has 2 aromatic heterocycles. The molecule has 1 saturated carbocycles. The molecule has 0 radical (unpaired) electrons. The van der Waals surface area contributed by atoms with E-state index in [1.165, 1.54) is 18.4 Å². The minimum atomic E-state index is 0.501. The number of nitrogens with zero attached hydrogens (tertiary/aromatic N) is 6. The molecule has 112 valence electrons. The second-order valence-corrected chi connectivity index (χ2v) is 6.33. The number of tetrazole rings is 1. The molecule has 2 heterocycles. The van der Waals surface area contributed by atoms with E-state index in [-0.39, 0.29) is 0 Å². The lowest BCUT2D eigenvalue weighted by molar-refractivity contribution is 0.565. The van der Waals surface area contributed by atoms with Crippen molar-refractivity contribution < 1.29 is 0 Å². The Morgan fingerprint density at radius 1 is 1.18 bits per heavy atom. The van der Waals surface area contributed by atoms with Crippen LogP contribution in [0.15, 0.2) is 47.9 Å². The first-order chi connectivity index (χ1) is 10.9. The van der Waals surface area contributed by atoms with Gasteiger partial charge < -0.3 is 4.57 Å². The summed E-state index contributed by atoms with van der Waals surface area (Å²) in [6.45, 7) is 0.838. The van der Waals surface area contributed by atoms with E-state index in [0.29, 0.717) is 6.04 Å². The van der Waals surface area contributed by atoms with E-state index in [0.717, 1.165) is 23.3 Å². The minimum absolute atomic E-state index is 0.501. The summed E-state index contributed by atoms with van der Waals surface area (Å²) in [5.74, 6) is 1.81. The molecule has 1 aromatic carbocycles. The predicted molar refractivity (Wildman–Crippen MR) is 83.4 cm³/mol. The van der Waals surface area contributed by atoms with Crippen LogP contribution in [0.2, 0.25) is 0 Å². The van der Waals surface area contributed by atoms with Crippen LogP contribution in [-0.2, 0) is 12.3 Å². The smallest absolute Gasteiger partial charge is 0.210 e. The van der Waals surface area contributed by atoms with Crippen molar-refractivity contribution in [2.75, 3.05) is 0 Å². The summed E-state index contributed by atoms with van der Waals surface area (Å²) in [6.07, 6.45) is 6.23. The van der Waals surface area contributed by atoms with E-state index in [1.807, 2.05) is 23.1 Å². The molecule has 0 atom stereocenters. The summed E-state index contributed by atoms with van der Waals surface area (Å²) in [5.41, 5.74) is 1.27. The van der Waals surface area contributed by atoms with Crippen molar-refractivity contribution in [3.63, 3.8) is 0 Å². The number of rotatable bonds is 6. The van der Waals surface area contributed by atoms with Gasteiger partial charge in [-0.05, 0) is 28.8 Å². The lowest BCUT2D eigenvalue weighted by atomic mass is 10.2. The second-order valence-electron chi connectivity index (χ2n) is 5.38. The van der Waals surface area contributed by atoms with Crippen molar-refractivity contribution in [3.8, 4) is 0 Å². The Labute approximate surface area is 132 Å². The highest BCUT2D eigenvalue weighted by atomic mass is 32.2. The fraction of sp³-hybridized carbons (Fsp3) is 0.333. The Morgan fingerprint density at radius 3 is 2.86 bits per heavy atom. The number of hydrogen-bond acceptors (Lipinski definition) is 5. The van der Waals surface area contributed by atoms with Crippen LogP contribution in [-0.4, -0.2) is 29.8 Å². The van der Waals surface area contributed by atoms with Crippen LogP contribution in [0.25, 0.3) is 0 Å². The number of thioether (sulfide) groups is 1. The number of benzene rings is 1. The fourth-order valence-corrected chi connectivity index (χ4v) is 3.27. The highest BCUT2D eigenvalue weighted by Crippen LogP contribution is 2.36. The molecule has 0 bridgehead atoms. The zero-order valence-electron chi connectivity index (χ0n) is 12.0. The van der Waals surface area contributed by atoms with Crippen LogP contribution in [0.3, 0.4) is 0 Å². The van der Waals surface area contributed by atoms with Crippen molar-refractivity contribution in [2.24, 2.45) is 0 Å². The number of aromatic nitrogens is 6. The molecule has 0 spiro atoms. The average molecular weight is 312 g/mol. The van der Waals surface area contributed by atoms with Crippen LogP contribution in [0.5, 0.6) is 0 Å². The van der Waals surface area contributed by atoms with Gasteiger partial charge in [-0.15, -0.1) is 5.10 Å². The Hall–Kier alpha value is -2.15. The summed E-state index contributed by atoms with van der Waals surface area (Å²) >= 11 is 1.65. The predicted octanol–water partition coefficient (Wildman–Crippen LogP) is 2.55. The van der Waals surface area contributed by atoms with Gasteiger partial charge in [0, 0.05) is 18.9 Å². The van der Waals surface area contributed by atoms with Crippen LogP contribution in [0, 0.1) is 0 Å². The Balaban J connectivity index is 1.45. The minimum Gasteiger partial charge on any atom is -0.330 e. The zero-order valence-corrected chi connectivity index (χ0v) is 12.9. The van der Waals surface area contributed by atoms with Gasteiger partial charge in [-0.2, -0.15) is 0 Å². The van der Waals surface area contributed by atoms with E-state index in [9.17, 15) is 0 Å². The first kappa shape index (κ1) is 13.5. The molecule has 0 N–H and O–H groups in total. The van der Waals surface area contributed by atoms with Crippen LogP contribution >= 0.6 is 11.8 Å². The van der Waals surface area contributed by atoms with E-state index < -0.39 is 0 Å². The molecule has 0 amide bonds. The maximum absolute atomic E-state index is 4.47. The van der Waals surface area contributed by atoms with Crippen LogP contribution in [0.1, 0.15) is 30.3 Å². The molecule has 7 heteroatoms. The molecule has 4 rings (SSSR count). The molecule has 0 unspecified atom stereocenters. The molecule has 1 fully saturated rings. The summed E-state index contributed by atoms with van der Waals surface area (Å²) in [4.78, 5) is 4.47. The second kappa shape index (κ2) is 5.92. The Morgan fingerprint density at radius 2 is 2.05 bits per heavy atom. The Bertz CT molecular complexity index is 746. The van der Waals surface area contributed by atoms with Crippen molar-refractivity contribution in [1.82, 2.24) is 29.8 Å². The summed E-state index contributed by atoms with van der Waals surface area (Å²) in [5, 5.41) is 12.9. The van der Waals surface area contributed by atoms with Gasteiger partial charge in [0.05, 0.1) is 11.8 Å². The number of imidazole rings is 1. The molecule has 3 aromatic rings. The third kappa shape index (κ3) is 2.89. The zero-order chi connectivity index (χ0) is 14.8. The maximum atomic E-state index is 4.47. The highest BCUT2D eigenvalue weighted by Gasteiger charge is 2.27.